The summed E-state index contributed by atoms with van der Waals surface area (Å²) in [7, 11) is 0. The Balaban J connectivity index is 1.76. The quantitative estimate of drug-likeness (QED) is 0.642. The van der Waals surface area contributed by atoms with E-state index in [-0.39, 0.29) is 5.56 Å². The Morgan fingerprint density at radius 1 is 1.33 bits per heavy atom. The topological polar surface area (TPSA) is 61.9 Å². The predicted octanol–water partition coefficient (Wildman–Crippen LogP) is 4.33. The van der Waals surface area contributed by atoms with Gasteiger partial charge in [0.15, 0.2) is 0 Å². The van der Waals surface area contributed by atoms with Gasteiger partial charge in [-0.1, -0.05) is 13.0 Å². The second kappa shape index (κ2) is 7.93. The fraction of sp³-hybridized carbons (Fsp3) is 0.450. The highest BCUT2D eigenvalue weighted by Gasteiger charge is 2.21. The maximum absolute atomic E-state index is 13.3. The van der Waals surface area contributed by atoms with Gasteiger partial charge in [0.2, 0.25) is 0 Å². The summed E-state index contributed by atoms with van der Waals surface area (Å²) in [5.41, 5.74) is 0.951. The number of aromatic nitrogens is 2. The molecule has 7 heteroatoms. The summed E-state index contributed by atoms with van der Waals surface area (Å²) in [5, 5.41) is 13.8. The van der Waals surface area contributed by atoms with Crippen molar-refractivity contribution in [2.45, 2.75) is 39.3 Å². The summed E-state index contributed by atoms with van der Waals surface area (Å²) < 4.78 is 1.73. The number of nitrogens with zero attached hydrogens (tertiary/aromatic N) is 4. The van der Waals surface area contributed by atoms with Crippen LogP contribution < -0.4 is 5.56 Å². The summed E-state index contributed by atoms with van der Waals surface area (Å²) >= 11 is 3.17. The largest absolute Gasteiger partial charge is 0.296 e. The normalized spacial score (nSPS) is 16.0. The van der Waals surface area contributed by atoms with Gasteiger partial charge >= 0.3 is 0 Å². The molecule has 3 aromatic heterocycles. The molecule has 3 aromatic rings. The van der Waals surface area contributed by atoms with Crippen LogP contribution in [0.25, 0.3) is 20.7 Å². The van der Waals surface area contributed by atoms with Crippen LogP contribution in [0.1, 0.15) is 32.0 Å². The van der Waals surface area contributed by atoms with E-state index in [0.29, 0.717) is 24.9 Å². The zero-order valence-electron chi connectivity index (χ0n) is 15.4. The Labute approximate surface area is 166 Å². The molecule has 4 heterocycles. The van der Waals surface area contributed by atoms with Crippen molar-refractivity contribution in [1.29, 1.82) is 5.26 Å². The molecule has 0 spiro atoms. The van der Waals surface area contributed by atoms with Crippen LogP contribution in [-0.2, 0) is 13.1 Å². The van der Waals surface area contributed by atoms with Gasteiger partial charge in [-0.25, -0.2) is 4.98 Å². The standard InChI is InChI=1S/C20H22N4OS2/c1-14-5-9-23(10-6-14)12-17-22-19-18(20(25)24(17)8-3-7-21)15(13-27-19)16-4-2-11-26-16/h2,4,11,13-14H,3,5-6,8-10,12H2,1H3. The molecule has 0 unspecified atom stereocenters. The molecule has 0 amide bonds. The van der Waals surface area contributed by atoms with Crippen molar-refractivity contribution >= 4 is 32.9 Å². The second-order valence-corrected chi connectivity index (χ2v) is 8.96. The van der Waals surface area contributed by atoms with E-state index in [9.17, 15) is 4.79 Å². The van der Waals surface area contributed by atoms with Gasteiger partial charge in [0, 0.05) is 22.4 Å². The van der Waals surface area contributed by atoms with Crippen molar-refractivity contribution in [2.24, 2.45) is 5.92 Å². The molecule has 0 radical (unpaired) electrons. The zero-order chi connectivity index (χ0) is 18.8. The molecule has 5 nitrogen and oxygen atoms in total. The first-order valence-corrected chi connectivity index (χ1v) is 11.1. The van der Waals surface area contributed by atoms with Crippen LogP contribution in [0.3, 0.4) is 0 Å². The van der Waals surface area contributed by atoms with Crippen molar-refractivity contribution < 1.29 is 0 Å². The summed E-state index contributed by atoms with van der Waals surface area (Å²) in [4.78, 5) is 22.5. The Bertz CT molecular complexity index is 1020. The minimum atomic E-state index is -0.0136. The Hall–Kier alpha value is -2.01. The maximum Gasteiger partial charge on any atom is 0.263 e. The molecule has 1 saturated heterocycles. The van der Waals surface area contributed by atoms with Gasteiger partial charge in [0.05, 0.1) is 24.4 Å². The smallest absolute Gasteiger partial charge is 0.263 e. The number of nitriles is 1. The molecule has 0 aromatic carbocycles. The third kappa shape index (κ3) is 3.70. The minimum absolute atomic E-state index is 0.0136. The third-order valence-electron chi connectivity index (χ3n) is 5.25. The van der Waals surface area contributed by atoms with Crippen molar-refractivity contribution in [3.05, 3.63) is 39.1 Å². The van der Waals surface area contributed by atoms with E-state index in [1.165, 1.54) is 24.2 Å². The third-order valence-corrected chi connectivity index (χ3v) is 7.02. The Morgan fingerprint density at radius 3 is 2.85 bits per heavy atom. The molecule has 0 atom stereocenters. The number of piperidine rings is 1. The zero-order valence-corrected chi connectivity index (χ0v) is 17.0. The Morgan fingerprint density at radius 2 is 2.15 bits per heavy atom. The lowest BCUT2D eigenvalue weighted by atomic mass is 9.99. The average molecular weight is 399 g/mol. The van der Waals surface area contributed by atoms with E-state index in [0.717, 1.165) is 40.1 Å². The van der Waals surface area contributed by atoms with Crippen molar-refractivity contribution in [3.63, 3.8) is 0 Å². The van der Waals surface area contributed by atoms with E-state index in [4.69, 9.17) is 10.2 Å². The molecule has 4 rings (SSSR count). The number of likely N-dealkylation sites (tertiary alicyclic amines) is 1. The first kappa shape index (κ1) is 18.4. The minimum Gasteiger partial charge on any atom is -0.296 e. The van der Waals surface area contributed by atoms with Crippen LogP contribution in [0.2, 0.25) is 0 Å². The van der Waals surface area contributed by atoms with Gasteiger partial charge in [-0.05, 0) is 43.3 Å². The van der Waals surface area contributed by atoms with Crippen LogP contribution >= 0.6 is 22.7 Å². The fourth-order valence-electron chi connectivity index (χ4n) is 3.61. The number of hydrogen-bond acceptors (Lipinski definition) is 6. The van der Waals surface area contributed by atoms with Gasteiger partial charge in [0.1, 0.15) is 10.7 Å². The summed E-state index contributed by atoms with van der Waals surface area (Å²) in [6, 6.07) is 6.20. The van der Waals surface area contributed by atoms with Crippen LogP contribution in [0, 0.1) is 17.2 Å². The molecule has 0 aliphatic carbocycles. The van der Waals surface area contributed by atoms with Crippen LogP contribution in [0.4, 0.5) is 0 Å². The van der Waals surface area contributed by atoms with Crippen LogP contribution in [-0.4, -0.2) is 27.5 Å². The maximum atomic E-state index is 13.3. The summed E-state index contributed by atoms with van der Waals surface area (Å²) in [6.07, 6.45) is 2.69. The lowest BCUT2D eigenvalue weighted by Gasteiger charge is -2.30. The highest BCUT2D eigenvalue weighted by Crippen LogP contribution is 2.34. The van der Waals surface area contributed by atoms with E-state index < -0.39 is 0 Å². The lowest BCUT2D eigenvalue weighted by molar-refractivity contribution is 0.179. The lowest BCUT2D eigenvalue weighted by Crippen LogP contribution is -2.35. The highest BCUT2D eigenvalue weighted by molar-refractivity contribution is 7.18. The average Bonchev–Trinajstić information content (AvgIpc) is 3.32. The molecule has 27 heavy (non-hydrogen) atoms. The van der Waals surface area contributed by atoms with E-state index in [2.05, 4.69) is 17.9 Å². The van der Waals surface area contributed by atoms with Gasteiger partial charge in [-0.3, -0.25) is 14.3 Å². The number of rotatable bonds is 5. The summed E-state index contributed by atoms with van der Waals surface area (Å²) in [5.74, 6) is 1.56. The van der Waals surface area contributed by atoms with Crippen molar-refractivity contribution in [3.8, 4) is 16.5 Å². The first-order chi connectivity index (χ1) is 13.2. The fourth-order valence-corrected chi connectivity index (χ4v) is 5.38. The molecular weight excluding hydrogens is 376 g/mol. The number of hydrogen-bond donors (Lipinski definition) is 0. The van der Waals surface area contributed by atoms with Crippen molar-refractivity contribution in [2.75, 3.05) is 13.1 Å². The SMILES string of the molecule is CC1CCN(Cc2nc3scc(-c4cccs4)c3c(=O)n2CCC#N)CC1. The van der Waals surface area contributed by atoms with E-state index >= 15 is 0 Å². The number of thiophene rings is 2. The molecule has 0 saturated carbocycles. The summed E-state index contributed by atoms with van der Waals surface area (Å²) in [6.45, 7) is 5.45. The Kier molecular flexibility index (Phi) is 5.39. The van der Waals surface area contributed by atoms with E-state index in [1.54, 1.807) is 15.9 Å². The van der Waals surface area contributed by atoms with Gasteiger partial charge in [0.25, 0.3) is 5.56 Å². The van der Waals surface area contributed by atoms with Gasteiger partial charge < -0.3 is 0 Å². The number of fused-ring (bicyclic) bond motifs is 1. The molecular formula is C20H22N4OS2. The molecule has 1 fully saturated rings. The monoisotopic (exact) mass is 398 g/mol. The first-order valence-electron chi connectivity index (χ1n) is 9.31. The van der Waals surface area contributed by atoms with E-state index in [1.807, 2.05) is 22.9 Å². The van der Waals surface area contributed by atoms with Gasteiger partial charge in [-0.2, -0.15) is 5.26 Å². The highest BCUT2D eigenvalue weighted by atomic mass is 32.1. The molecule has 0 N–H and O–H groups in total. The van der Waals surface area contributed by atoms with Gasteiger partial charge in [-0.15, -0.1) is 22.7 Å². The molecule has 1 aliphatic rings. The molecule has 140 valence electrons. The van der Waals surface area contributed by atoms with Crippen molar-refractivity contribution in [1.82, 2.24) is 14.5 Å². The predicted molar refractivity (Wildman–Crippen MR) is 111 cm³/mol. The molecule has 1 aliphatic heterocycles. The second-order valence-electron chi connectivity index (χ2n) is 7.16. The van der Waals surface area contributed by atoms with Crippen LogP contribution in [0.15, 0.2) is 27.7 Å². The van der Waals surface area contributed by atoms with Crippen LogP contribution in [0.5, 0.6) is 0 Å². The molecule has 0 bridgehead atoms.